The number of nitrogens with one attached hydrogen (secondary N) is 1. The molecular weight excluding hydrogens is 407 g/mol. The summed E-state index contributed by atoms with van der Waals surface area (Å²) in [5, 5.41) is 6.10. The van der Waals surface area contributed by atoms with Crippen LogP contribution in [0, 0.1) is 5.82 Å². The van der Waals surface area contributed by atoms with E-state index in [1.54, 1.807) is 30.3 Å². The molecule has 0 bridgehead atoms. The molecule has 0 saturated heterocycles. The van der Waals surface area contributed by atoms with Crippen molar-refractivity contribution < 1.29 is 18.7 Å². The summed E-state index contributed by atoms with van der Waals surface area (Å²) in [6.07, 6.45) is 1.70. The van der Waals surface area contributed by atoms with Crippen LogP contribution in [-0.2, 0) is 11.2 Å². The third kappa shape index (κ3) is 5.05. The minimum absolute atomic E-state index is 0.132. The smallest absolute Gasteiger partial charge is 0.346 e. The SMILES string of the molecule is O=C(Cc1cccc2ccccc12)N/N=C\c1ccc(OC(=O)c2ccccc2F)cc1. The number of amides is 1. The van der Waals surface area contributed by atoms with Crippen molar-refractivity contribution >= 4 is 28.9 Å². The number of hydrogen-bond acceptors (Lipinski definition) is 4. The number of rotatable bonds is 6. The predicted octanol–water partition coefficient (Wildman–Crippen LogP) is 4.89. The third-order valence-electron chi connectivity index (χ3n) is 4.82. The highest BCUT2D eigenvalue weighted by molar-refractivity contribution is 5.92. The van der Waals surface area contributed by atoms with Gasteiger partial charge in [-0.05, 0) is 58.3 Å². The Morgan fingerprint density at radius 2 is 1.59 bits per heavy atom. The van der Waals surface area contributed by atoms with E-state index in [1.165, 1.54) is 24.4 Å². The van der Waals surface area contributed by atoms with Crippen molar-refractivity contribution in [2.24, 2.45) is 5.10 Å². The first-order valence-corrected chi connectivity index (χ1v) is 9.95. The van der Waals surface area contributed by atoms with Gasteiger partial charge in [0.2, 0.25) is 5.91 Å². The number of fused-ring (bicyclic) bond motifs is 1. The zero-order chi connectivity index (χ0) is 22.3. The quantitative estimate of drug-likeness (QED) is 0.207. The lowest BCUT2D eigenvalue weighted by Gasteiger charge is -2.06. The van der Waals surface area contributed by atoms with E-state index in [4.69, 9.17) is 4.74 Å². The summed E-state index contributed by atoms with van der Waals surface area (Å²) in [6, 6.07) is 25.9. The van der Waals surface area contributed by atoms with Gasteiger partial charge in [-0.1, -0.05) is 54.6 Å². The highest BCUT2D eigenvalue weighted by Gasteiger charge is 2.13. The van der Waals surface area contributed by atoms with Crippen LogP contribution in [0.1, 0.15) is 21.5 Å². The van der Waals surface area contributed by atoms with E-state index in [9.17, 15) is 14.0 Å². The lowest BCUT2D eigenvalue weighted by molar-refractivity contribution is -0.120. The molecule has 1 amide bonds. The van der Waals surface area contributed by atoms with E-state index in [1.807, 2.05) is 42.5 Å². The van der Waals surface area contributed by atoms with Crippen molar-refractivity contribution in [1.82, 2.24) is 5.43 Å². The van der Waals surface area contributed by atoms with Gasteiger partial charge in [-0.15, -0.1) is 0 Å². The van der Waals surface area contributed by atoms with Gasteiger partial charge in [-0.2, -0.15) is 5.10 Å². The first-order valence-electron chi connectivity index (χ1n) is 9.95. The van der Waals surface area contributed by atoms with E-state index in [0.29, 0.717) is 5.56 Å². The number of hydrogen-bond donors (Lipinski definition) is 1. The van der Waals surface area contributed by atoms with E-state index < -0.39 is 11.8 Å². The fourth-order valence-corrected chi connectivity index (χ4v) is 3.25. The Morgan fingerprint density at radius 1 is 0.875 bits per heavy atom. The van der Waals surface area contributed by atoms with Gasteiger partial charge in [-0.25, -0.2) is 14.6 Å². The number of esters is 1. The van der Waals surface area contributed by atoms with Gasteiger partial charge in [-0.3, -0.25) is 4.79 Å². The summed E-state index contributed by atoms with van der Waals surface area (Å²) in [5.41, 5.74) is 4.01. The average molecular weight is 426 g/mol. The van der Waals surface area contributed by atoms with Crippen LogP contribution in [0.3, 0.4) is 0 Å². The maximum absolute atomic E-state index is 13.7. The molecule has 4 rings (SSSR count). The minimum atomic E-state index is -0.773. The van der Waals surface area contributed by atoms with Gasteiger partial charge in [0.05, 0.1) is 18.2 Å². The second kappa shape index (κ2) is 9.66. The fourth-order valence-electron chi connectivity index (χ4n) is 3.25. The number of nitrogens with zero attached hydrogens (tertiary/aromatic N) is 1. The van der Waals surface area contributed by atoms with Gasteiger partial charge < -0.3 is 4.74 Å². The Kier molecular flexibility index (Phi) is 6.32. The lowest BCUT2D eigenvalue weighted by atomic mass is 10.0. The number of hydrazone groups is 1. The molecule has 0 saturated carbocycles. The second-order valence-electron chi connectivity index (χ2n) is 7.05. The van der Waals surface area contributed by atoms with Crippen molar-refractivity contribution in [3.8, 4) is 5.75 Å². The van der Waals surface area contributed by atoms with Crippen LogP contribution in [0.25, 0.3) is 10.8 Å². The average Bonchev–Trinajstić information content (AvgIpc) is 2.81. The molecule has 0 heterocycles. The molecule has 6 heteroatoms. The summed E-state index contributed by atoms with van der Waals surface area (Å²) in [6.45, 7) is 0. The fraction of sp³-hybridized carbons (Fsp3) is 0.0385. The summed E-state index contributed by atoms with van der Waals surface area (Å²) < 4.78 is 18.9. The van der Waals surface area contributed by atoms with Crippen molar-refractivity contribution in [3.05, 3.63) is 114 Å². The number of benzene rings is 4. The molecule has 0 radical (unpaired) electrons. The predicted molar refractivity (Wildman–Crippen MR) is 121 cm³/mol. The highest BCUT2D eigenvalue weighted by atomic mass is 19.1. The molecule has 0 fully saturated rings. The van der Waals surface area contributed by atoms with Gasteiger partial charge in [0.25, 0.3) is 0 Å². The molecule has 0 aliphatic rings. The summed E-state index contributed by atoms with van der Waals surface area (Å²) in [4.78, 5) is 24.3. The Labute approximate surface area is 184 Å². The van der Waals surface area contributed by atoms with E-state index in [0.717, 1.165) is 16.3 Å². The monoisotopic (exact) mass is 426 g/mol. The molecule has 0 spiro atoms. The molecule has 0 aliphatic carbocycles. The van der Waals surface area contributed by atoms with Crippen LogP contribution in [0.4, 0.5) is 4.39 Å². The Hall–Kier alpha value is -4.32. The Balaban J connectivity index is 1.33. The molecule has 0 atom stereocenters. The van der Waals surface area contributed by atoms with Crippen molar-refractivity contribution in [2.75, 3.05) is 0 Å². The van der Waals surface area contributed by atoms with E-state index in [-0.39, 0.29) is 23.6 Å². The highest BCUT2D eigenvalue weighted by Crippen LogP contribution is 2.19. The molecule has 0 aromatic heterocycles. The molecule has 4 aromatic rings. The summed E-state index contributed by atoms with van der Waals surface area (Å²) in [5.74, 6) is -1.37. The molecule has 1 N–H and O–H groups in total. The third-order valence-corrected chi connectivity index (χ3v) is 4.82. The molecule has 32 heavy (non-hydrogen) atoms. The molecule has 158 valence electrons. The zero-order valence-electron chi connectivity index (χ0n) is 17.0. The van der Waals surface area contributed by atoms with Crippen LogP contribution in [0.2, 0.25) is 0 Å². The van der Waals surface area contributed by atoms with Gasteiger partial charge >= 0.3 is 5.97 Å². The van der Waals surface area contributed by atoms with Crippen molar-refractivity contribution in [2.45, 2.75) is 6.42 Å². The molecule has 4 aromatic carbocycles. The van der Waals surface area contributed by atoms with Crippen LogP contribution in [-0.4, -0.2) is 18.1 Å². The standard InChI is InChI=1S/C26H19FN2O3/c27-24-11-4-3-10-23(24)26(31)32-21-14-12-18(13-15-21)17-28-29-25(30)16-20-8-5-7-19-6-1-2-9-22(19)20/h1-15,17H,16H2,(H,29,30)/b28-17-. The van der Waals surface area contributed by atoms with Gasteiger partial charge in [0, 0.05) is 0 Å². The maximum Gasteiger partial charge on any atom is 0.346 e. The molecular formula is C26H19FN2O3. The van der Waals surface area contributed by atoms with Crippen LogP contribution in [0.5, 0.6) is 5.75 Å². The summed E-state index contributed by atoms with van der Waals surface area (Å²) in [7, 11) is 0. The molecule has 0 aliphatic heterocycles. The first kappa shape index (κ1) is 20.9. The van der Waals surface area contributed by atoms with Crippen LogP contribution >= 0.6 is 0 Å². The maximum atomic E-state index is 13.7. The topological polar surface area (TPSA) is 67.8 Å². The van der Waals surface area contributed by atoms with Crippen LogP contribution in [0.15, 0.2) is 96.1 Å². The van der Waals surface area contributed by atoms with Gasteiger partial charge in [0.1, 0.15) is 11.6 Å². The first-order chi connectivity index (χ1) is 15.6. The second-order valence-corrected chi connectivity index (χ2v) is 7.05. The van der Waals surface area contributed by atoms with E-state index in [2.05, 4.69) is 10.5 Å². The number of ether oxygens (including phenoxy) is 1. The lowest BCUT2D eigenvalue weighted by Crippen LogP contribution is -2.19. The minimum Gasteiger partial charge on any atom is -0.423 e. The van der Waals surface area contributed by atoms with E-state index >= 15 is 0 Å². The van der Waals surface area contributed by atoms with Crippen LogP contribution < -0.4 is 10.2 Å². The largest absolute Gasteiger partial charge is 0.423 e. The number of carbonyl (C=O) groups excluding carboxylic acids is 2. The normalized spacial score (nSPS) is 10.9. The van der Waals surface area contributed by atoms with Gasteiger partial charge in [0.15, 0.2) is 0 Å². The number of carbonyl (C=O) groups is 2. The van der Waals surface area contributed by atoms with Crippen molar-refractivity contribution in [1.29, 1.82) is 0 Å². The Bertz CT molecular complexity index is 1290. The van der Waals surface area contributed by atoms with Crippen molar-refractivity contribution in [3.63, 3.8) is 0 Å². The number of halogens is 1. The zero-order valence-corrected chi connectivity index (χ0v) is 17.0. The molecule has 0 unspecified atom stereocenters. The summed E-state index contributed by atoms with van der Waals surface area (Å²) >= 11 is 0. The Morgan fingerprint density at radius 3 is 2.41 bits per heavy atom. The molecule has 5 nitrogen and oxygen atoms in total.